The van der Waals surface area contributed by atoms with Crippen LogP contribution >= 0.6 is 11.6 Å². The van der Waals surface area contributed by atoms with Crippen LogP contribution in [0.15, 0.2) is 17.1 Å². The van der Waals surface area contributed by atoms with Crippen molar-refractivity contribution in [2.45, 2.75) is 69.0 Å². The molecule has 0 spiro atoms. The van der Waals surface area contributed by atoms with E-state index in [1.54, 1.807) is 0 Å². The molecule has 5 heteroatoms. The molecule has 0 radical (unpaired) electrons. The SMILES string of the molecule is CN(CC1CCCCC1Cl)C(NC1C=NCCC1)C1C=CCCC1C=O. The Morgan fingerprint density at radius 1 is 1.27 bits per heavy atom. The molecule has 1 fully saturated rings. The van der Waals surface area contributed by atoms with Crippen LogP contribution in [0, 0.1) is 17.8 Å². The van der Waals surface area contributed by atoms with Gasteiger partial charge in [0.1, 0.15) is 6.29 Å². The van der Waals surface area contributed by atoms with E-state index in [2.05, 4.69) is 40.6 Å². The lowest BCUT2D eigenvalue weighted by Crippen LogP contribution is -2.56. The second-order valence-corrected chi connectivity index (χ2v) is 8.86. The highest BCUT2D eigenvalue weighted by atomic mass is 35.5. The van der Waals surface area contributed by atoms with Crippen LogP contribution in [0.3, 0.4) is 0 Å². The second kappa shape index (κ2) is 10.0. The average molecular weight is 380 g/mol. The second-order valence-electron chi connectivity index (χ2n) is 8.30. The maximum absolute atomic E-state index is 11.7. The van der Waals surface area contributed by atoms with Gasteiger partial charge in [-0.25, -0.2) is 0 Å². The van der Waals surface area contributed by atoms with Crippen LogP contribution in [0.25, 0.3) is 0 Å². The number of nitrogens with zero attached hydrogens (tertiary/aromatic N) is 2. The van der Waals surface area contributed by atoms with Gasteiger partial charge in [0.25, 0.3) is 0 Å². The molecule has 4 nitrogen and oxygen atoms in total. The van der Waals surface area contributed by atoms with Crippen LogP contribution in [-0.4, -0.2) is 55.1 Å². The van der Waals surface area contributed by atoms with Crippen LogP contribution in [0.4, 0.5) is 0 Å². The van der Waals surface area contributed by atoms with Gasteiger partial charge in [-0.1, -0.05) is 25.0 Å². The molecule has 1 aliphatic heterocycles. The molecule has 0 aromatic heterocycles. The predicted molar refractivity (Wildman–Crippen MR) is 109 cm³/mol. The van der Waals surface area contributed by atoms with Gasteiger partial charge in [-0.05, 0) is 51.5 Å². The van der Waals surface area contributed by atoms with Crippen molar-refractivity contribution < 1.29 is 4.79 Å². The van der Waals surface area contributed by atoms with Crippen molar-refractivity contribution in [1.82, 2.24) is 10.2 Å². The topological polar surface area (TPSA) is 44.7 Å². The summed E-state index contributed by atoms with van der Waals surface area (Å²) in [7, 11) is 2.19. The Morgan fingerprint density at radius 3 is 2.85 bits per heavy atom. The third-order valence-corrected chi connectivity index (χ3v) is 6.92. The lowest BCUT2D eigenvalue weighted by atomic mass is 9.81. The Balaban J connectivity index is 1.73. The van der Waals surface area contributed by atoms with Crippen molar-refractivity contribution in [2.24, 2.45) is 22.7 Å². The van der Waals surface area contributed by atoms with Crippen molar-refractivity contribution in [3.05, 3.63) is 12.2 Å². The molecule has 1 saturated carbocycles. The summed E-state index contributed by atoms with van der Waals surface area (Å²) < 4.78 is 0. The molecule has 3 rings (SSSR count). The van der Waals surface area contributed by atoms with Gasteiger partial charge >= 0.3 is 0 Å². The summed E-state index contributed by atoms with van der Waals surface area (Å²) in [4.78, 5) is 18.6. The van der Waals surface area contributed by atoms with E-state index in [1.165, 1.54) is 19.3 Å². The Bertz CT molecular complexity index is 509. The number of aliphatic imine (C=N–C) groups is 1. The molecule has 6 atom stereocenters. The normalized spacial score (nSPS) is 36.2. The van der Waals surface area contributed by atoms with Gasteiger partial charge in [0.05, 0.1) is 6.17 Å². The number of alkyl halides is 1. The molecule has 1 heterocycles. The van der Waals surface area contributed by atoms with Crippen molar-refractivity contribution in [3.63, 3.8) is 0 Å². The number of rotatable bonds is 7. The minimum absolute atomic E-state index is 0.0960. The van der Waals surface area contributed by atoms with Crippen molar-refractivity contribution in [1.29, 1.82) is 0 Å². The van der Waals surface area contributed by atoms with Crippen LogP contribution < -0.4 is 5.32 Å². The number of allylic oxidation sites excluding steroid dienone is 1. The monoisotopic (exact) mass is 379 g/mol. The van der Waals surface area contributed by atoms with Gasteiger partial charge in [0, 0.05) is 42.6 Å². The van der Waals surface area contributed by atoms with E-state index in [9.17, 15) is 4.79 Å². The largest absolute Gasteiger partial charge is 0.303 e. The predicted octanol–water partition coefficient (Wildman–Crippen LogP) is 3.65. The van der Waals surface area contributed by atoms with E-state index >= 15 is 0 Å². The molecule has 3 aliphatic rings. The smallest absolute Gasteiger partial charge is 0.123 e. The summed E-state index contributed by atoms with van der Waals surface area (Å²) in [6, 6.07) is 0.303. The Morgan fingerprint density at radius 2 is 2.12 bits per heavy atom. The number of hydrogen-bond donors (Lipinski definition) is 1. The summed E-state index contributed by atoms with van der Waals surface area (Å²) >= 11 is 6.63. The molecule has 0 aromatic carbocycles. The molecule has 146 valence electrons. The van der Waals surface area contributed by atoms with E-state index in [0.717, 1.165) is 51.5 Å². The number of aldehydes is 1. The van der Waals surface area contributed by atoms with Gasteiger partial charge < -0.3 is 4.79 Å². The fourth-order valence-corrected chi connectivity index (χ4v) is 5.14. The fourth-order valence-electron chi connectivity index (χ4n) is 4.78. The summed E-state index contributed by atoms with van der Waals surface area (Å²) in [5.41, 5.74) is 0. The van der Waals surface area contributed by atoms with Gasteiger partial charge in [-0.2, -0.15) is 0 Å². The standard InChI is InChI=1S/C21H34ClN3O/c1-25(14-16-7-3-5-11-20(16)22)21(24-18-9-6-12-23-13-18)19-10-4-2-8-17(19)15-26/h4,10,13,15-21,24H,2-3,5-9,11-12,14H2,1H3. The van der Waals surface area contributed by atoms with Crippen molar-refractivity contribution in [3.8, 4) is 0 Å². The summed E-state index contributed by atoms with van der Waals surface area (Å²) in [6.07, 6.45) is 17.0. The number of carbonyl (C=O) groups is 1. The van der Waals surface area contributed by atoms with Gasteiger partial charge in [0.2, 0.25) is 0 Å². The molecule has 0 bridgehead atoms. The molecule has 0 amide bonds. The maximum atomic E-state index is 11.7. The lowest BCUT2D eigenvalue weighted by Gasteiger charge is -2.42. The highest BCUT2D eigenvalue weighted by molar-refractivity contribution is 6.20. The number of nitrogens with one attached hydrogen (secondary N) is 1. The van der Waals surface area contributed by atoms with E-state index in [1.807, 2.05) is 0 Å². The number of halogens is 1. The minimum Gasteiger partial charge on any atom is -0.303 e. The zero-order chi connectivity index (χ0) is 18.4. The van der Waals surface area contributed by atoms with E-state index in [-0.39, 0.29) is 23.4 Å². The van der Waals surface area contributed by atoms with Gasteiger partial charge in [-0.3, -0.25) is 15.2 Å². The minimum atomic E-state index is 0.0960. The zero-order valence-corrected chi connectivity index (χ0v) is 16.8. The van der Waals surface area contributed by atoms with Gasteiger partial charge in [0.15, 0.2) is 0 Å². The van der Waals surface area contributed by atoms with Crippen LogP contribution in [0.5, 0.6) is 0 Å². The molecular formula is C21H34ClN3O. The number of hydrogen-bond acceptors (Lipinski definition) is 4. The Hall–Kier alpha value is -0.710. The third kappa shape index (κ3) is 5.17. The first-order valence-corrected chi connectivity index (χ1v) is 10.8. The molecule has 0 aromatic rings. The van der Waals surface area contributed by atoms with E-state index in [0.29, 0.717) is 12.0 Å². The third-order valence-electron chi connectivity index (χ3n) is 6.34. The van der Waals surface area contributed by atoms with E-state index in [4.69, 9.17) is 11.6 Å². The molecule has 0 saturated heterocycles. The molecule has 6 unspecified atom stereocenters. The molecule has 26 heavy (non-hydrogen) atoms. The van der Waals surface area contributed by atoms with Crippen LogP contribution in [-0.2, 0) is 4.79 Å². The quantitative estimate of drug-likeness (QED) is 0.318. The average Bonchev–Trinajstić information content (AvgIpc) is 2.68. The summed E-state index contributed by atoms with van der Waals surface area (Å²) in [5, 5.41) is 4.10. The first kappa shape index (κ1) is 20.0. The van der Waals surface area contributed by atoms with E-state index < -0.39 is 0 Å². The maximum Gasteiger partial charge on any atom is 0.123 e. The van der Waals surface area contributed by atoms with Crippen molar-refractivity contribution >= 4 is 24.1 Å². The van der Waals surface area contributed by atoms with Gasteiger partial charge in [-0.15, -0.1) is 11.6 Å². The Labute approximate surface area is 163 Å². The summed E-state index contributed by atoms with van der Waals surface area (Å²) in [6.45, 7) is 1.93. The van der Waals surface area contributed by atoms with Crippen molar-refractivity contribution in [2.75, 3.05) is 20.1 Å². The fraction of sp³-hybridized carbons (Fsp3) is 0.810. The van der Waals surface area contributed by atoms with Crippen LogP contribution in [0.1, 0.15) is 51.4 Å². The Kier molecular flexibility index (Phi) is 7.71. The first-order valence-electron chi connectivity index (χ1n) is 10.4. The van der Waals surface area contributed by atoms with Crippen LogP contribution in [0.2, 0.25) is 0 Å². The molecule has 2 aliphatic carbocycles. The highest BCUT2D eigenvalue weighted by Crippen LogP contribution is 2.32. The molecular weight excluding hydrogens is 346 g/mol. The number of carbonyl (C=O) groups excluding carboxylic acids is 1. The summed E-state index contributed by atoms with van der Waals surface area (Å²) in [5.74, 6) is 0.861. The zero-order valence-electron chi connectivity index (χ0n) is 16.0. The molecule has 1 N–H and O–H groups in total. The lowest BCUT2D eigenvalue weighted by molar-refractivity contribution is -0.113. The highest BCUT2D eigenvalue weighted by Gasteiger charge is 2.35. The first-order chi connectivity index (χ1) is 12.7.